The van der Waals surface area contributed by atoms with Crippen LogP contribution in [0.4, 0.5) is 20.4 Å². The smallest absolute Gasteiger partial charge is 0.207 e. The Balaban J connectivity index is 1.87. The summed E-state index contributed by atoms with van der Waals surface area (Å²) in [6.45, 7) is 0. The molecule has 112 valence electrons. The second kappa shape index (κ2) is 6.13. The minimum atomic E-state index is -0.639. The maximum Gasteiger partial charge on any atom is 0.207 e. The normalized spacial score (nSPS) is 16.1. The van der Waals surface area contributed by atoms with E-state index in [1.54, 1.807) is 6.20 Å². The molecule has 0 saturated heterocycles. The highest BCUT2D eigenvalue weighted by atomic mass is 79.9. The monoisotopic (exact) mass is 355 g/mol. The fourth-order valence-electron chi connectivity index (χ4n) is 2.84. The molecule has 0 unspecified atom stereocenters. The van der Waals surface area contributed by atoms with E-state index in [0.717, 1.165) is 12.8 Å². The zero-order valence-electron chi connectivity index (χ0n) is 11.5. The summed E-state index contributed by atoms with van der Waals surface area (Å²) < 4.78 is 30.2. The second-order valence-electron chi connectivity index (χ2n) is 5.32. The Labute approximate surface area is 130 Å². The summed E-state index contributed by atoms with van der Waals surface area (Å²) in [5.41, 5.74) is -0.165. The van der Waals surface area contributed by atoms with Crippen molar-refractivity contribution in [1.82, 2.24) is 9.55 Å². The third kappa shape index (κ3) is 3.10. The van der Waals surface area contributed by atoms with Gasteiger partial charge in [-0.2, -0.15) is 0 Å². The van der Waals surface area contributed by atoms with Gasteiger partial charge in [-0.05, 0) is 25.0 Å². The first-order valence-electron chi connectivity index (χ1n) is 7.09. The van der Waals surface area contributed by atoms with Crippen LogP contribution in [0.3, 0.4) is 0 Å². The lowest BCUT2D eigenvalue weighted by Gasteiger charge is -2.24. The summed E-state index contributed by atoms with van der Waals surface area (Å²) in [5.74, 6) is -0.790. The Kier molecular flexibility index (Phi) is 4.24. The highest BCUT2D eigenvalue weighted by Crippen LogP contribution is 2.32. The van der Waals surface area contributed by atoms with Crippen LogP contribution in [-0.4, -0.2) is 9.55 Å². The van der Waals surface area contributed by atoms with E-state index < -0.39 is 11.6 Å². The third-order valence-corrected chi connectivity index (χ3v) is 4.34. The lowest BCUT2D eigenvalue weighted by atomic mass is 9.95. The van der Waals surface area contributed by atoms with Crippen molar-refractivity contribution < 1.29 is 8.78 Å². The Morgan fingerprint density at radius 3 is 2.48 bits per heavy atom. The molecule has 1 aliphatic carbocycles. The fourth-order valence-corrected chi connectivity index (χ4v) is 3.24. The first-order chi connectivity index (χ1) is 10.1. The number of nitrogens with one attached hydrogen (secondary N) is 1. The van der Waals surface area contributed by atoms with Crippen LogP contribution < -0.4 is 5.32 Å². The van der Waals surface area contributed by atoms with E-state index in [9.17, 15) is 8.78 Å². The summed E-state index contributed by atoms with van der Waals surface area (Å²) in [6.07, 6.45) is 9.31. The van der Waals surface area contributed by atoms with Crippen LogP contribution in [0.2, 0.25) is 0 Å². The predicted octanol–water partition coefficient (Wildman–Crippen LogP) is 5.17. The molecule has 0 radical (unpaired) electrons. The van der Waals surface area contributed by atoms with Crippen molar-refractivity contribution in [2.75, 3.05) is 5.32 Å². The molecule has 0 bridgehead atoms. The molecular weight excluding hydrogens is 340 g/mol. The molecule has 3 rings (SSSR count). The lowest BCUT2D eigenvalue weighted by molar-refractivity contribution is 0.356. The Morgan fingerprint density at radius 2 is 1.81 bits per heavy atom. The van der Waals surface area contributed by atoms with Crippen LogP contribution >= 0.6 is 15.9 Å². The topological polar surface area (TPSA) is 29.9 Å². The molecule has 1 N–H and O–H groups in total. The van der Waals surface area contributed by atoms with E-state index in [1.165, 1.54) is 31.4 Å². The number of halogens is 3. The summed E-state index contributed by atoms with van der Waals surface area (Å²) >= 11 is 3.07. The van der Waals surface area contributed by atoms with Gasteiger partial charge < -0.3 is 9.88 Å². The first-order valence-corrected chi connectivity index (χ1v) is 7.89. The standard InChI is InChI=1S/C15H16BrF2N3/c16-10-8-12(17)14(13(18)9-10)20-15-19-6-7-21(15)11-4-2-1-3-5-11/h6-9,11H,1-5H2,(H,19,20). The average molecular weight is 356 g/mol. The zero-order chi connectivity index (χ0) is 14.8. The van der Waals surface area contributed by atoms with E-state index in [-0.39, 0.29) is 5.69 Å². The van der Waals surface area contributed by atoms with Gasteiger partial charge in [0.25, 0.3) is 0 Å². The van der Waals surface area contributed by atoms with Crippen molar-refractivity contribution in [3.63, 3.8) is 0 Å². The second-order valence-corrected chi connectivity index (χ2v) is 6.24. The summed E-state index contributed by atoms with van der Waals surface area (Å²) in [4.78, 5) is 4.20. The number of imidazole rings is 1. The highest BCUT2D eigenvalue weighted by Gasteiger charge is 2.19. The van der Waals surface area contributed by atoms with Gasteiger partial charge in [-0.15, -0.1) is 0 Å². The van der Waals surface area contributed by atoms with Crippen molar-refractivity contribution in [2.24, 2.45) is 0 Å². The number of hydrogen-bond donors (Lipinski definition) is 1. The zero-order valence-corrected chi connectivity index (χ0v) is 13.0. The maximum atomic E-state index is 13.9. The number of hydrogen-bond acceptors (Lipinski definition) is 2. The Morgan fingerprint density at radius 1 is 1.14 bits per heavy atom. The van der Waals surface area contributed by atoms with Gasteiger partial charge in [-0.1, -0.05) is 35.2 Å². The van der Waals surface area contributed by atoms with Crippen LogP contribution in [0, 0.1) is 11.6 Å². The molecular formula is C15H16BrF2N3. The summed E-state index contributed by atoms with van der Waals surface area (Å²) in [5, 5.41) is 2.79. The number of benzene rings is 1. The first kappa shape index (κ1) is 14.5. The predicted molar refractivity (Wildman–Crippen MR) is 81.7 cm³/mol. The molecule has 2 aromatic rings. The highest BCUT2D eigenvalue weighted by molar-refractivity contribution is 9.10. The molecule has 21 heavy (non-hydrogen) atoms. The molecule has 1 aromatic heterocycles. The molecule has 3 nitrogen and oxygen atoms in total. The lowest BCUT2D eigenvalue weighted by Crippen LogP contribution is -2.14. The quantitative estimate of drug-likeness (QED) is 0.822. The van der Waals surface area contributed by atoms with E-state index in [4.69, 9.17) is 0 Å². The van der Waals surface area contributed by atoms with Gasteiger partial charge in [-0.25, -0.2) is 13.8 Å². The molecule has 6 heteroatoms. The number of rotatable bonds is 3. The number of aromatic nitrogens is 2. The van der Waals surface area contributed by atoms with Gasteiger partial charge in [0, 0.05) is 22.9 Å². The molecule has 0 aliphatic heterocycles. The average Bonchev–Trinajstić information content (AvgIpc) is 2.92. The van der Waals surface area contributed by atoms with E-state index in [2.05, 4.69) is 26.2 Å². The Bertz CT molecular complexity index is 613. The minimum absolute atomic E-state index is 0.165. The van der Waals surface area contributed by atoms with Gasteiger partial charge in [0.05, 0.1) is 0 Å². The largest absolute Gasteiger partial charge is 0.321 e. The number of nitrogens with zero attached hydrogens (tertiary/aromatic N) is 2. The van der Waals surface area contributed by atoms with E-state index in [1.807, 2.05) is 10.8 Å². The molecule has 0 atom stereocenters. The van der Waals surface area contributed by atoms with Crippen molar-refractivity contribution in [2.45, 2.75) is 38.1 Å². The van der Waals surface area contributed by atoms with Gasteiger partial charge in [-0.3, -0.25) is 0 Å². The van der Waals surface area contributed by atoms with Crippen molar-refractivity contribution >= 4 is 27.6 Å². The van der Waals surface area contributed by atoms with Crippen LogP contribution in [0.5, 0.6) is 0 Å². The molecule has 1 aliphatic rings. The summed E-state index contributed by atoms with van der Waals surface area (Å²) in [6, 6.07) is 2.82. The third-order valence-electron chi connectivity index (χ3n) is 3.88. The minimum Gasteiger partial charge on any atom is -0.321 e. The summed E-state index contributed by atoms with van der Waals surface area (Å²) in [7, 11) is 0. The van der Waals surface area contributed by atoms with Gasteiger partial charge in [0.1, 0.15) is 5.69 Å². The van der Waals surface area contributed by atoms with Crippen LogP contribution in [0.1, 0.15) is 38.1 Å². The SMILES string of the molecule is Fc1cc(Br)cc(F)c1Nc1nccn1C1CCCCC1. The van der Waals surface area contributed by atoms with Crippen LogP contribution in [0.15, 0.2) is 29.0 Å². The van der Waals surface area contributed by atoms with Crippen LogP contribution in [-0.2, 0) is 0 Å². The van der Waals surface area contributed by atoms with Crippen LogP contribution in [0.25, 0.3) is 0 Å². The van der Waals surface area contributed by atoms with Gasteiger partial charge in [0.15, 0.2) is 11.6 Å². The fraction of sp³-hybridized carbons (Fsp3) is 0.400. The number of anilines is 2. The Hall–Kier alpha value is -1.43. The van der Waals surface area contributed by atoms with Crippen molar-refractivity contribution in [3.05, 3.63) is 40.6 Å². The molecule has 1 heterocycles. The molecule has 1 fully saturated rings. The van der Waals surface area contributed by atoms with E-state index >= 15 is 0 Å². The molecule has 0 spiro atoms. The molecule has 1 saturated carbocycles. The van der Waals surface area contributed by atoms with Gasteiger partial charge in [0.2, 0.25) is 5.95 Å². The maximum absolute atomic E-state index is 13.9. The van der Waals surface area contributed by atoms with Crippen molar-refractivity contribution in [3.8, 4) is 0 Å². The molecule has 0 amide bonds. The van der Waals surface area contributed by atoms with E-state index in [0.29, 0.717) is 16.5 Å². The van der Waals surface area contributed by atoms with Gasteiger partial charge >= 0.3 is 0 Å². The van der Waals surface area contributed by atoms with Crippen molar-refractivity contribution in [1.29, 1.82) is 0 Å². The molecule has 1 aromatic carbocycles.